The summed E-state index contributed by atoms with van der Waals surface area (Å²) in [4.78, 5) is 17.5. The molecule has 1 saturated heterocycles. The van der Waals surface area contributed by atoms with Gasteiger partial charge in [-0.3, -0.25) is 9.48 Å². The normalized spacial score (nSPS) is 17.0. The van der Waals surface area contributed by atoms with Crippen LogP contribution in [-0.2, 0) is 17.1 Å². The van der Waals surface area contributed by atoms with Crippen LogP contribution in [0.15, 0.2) is 48.1 Å². The van der Waals surface area contributed by atoms with E-state index >= 15 is 4.39 Å². The number of aryl methyl sites for hydroxylation is 1. The van der Waals surface area contributed by atoms with Gasteiger partial charge in [0, 0.05) is 44.4 Å². The highest BCUT2D eigenvalue weighted by molar-refractivity contribution is 7.90. The molecule has 3 aromatic rings. The summed E-state index contributed by atoms with van der Waals surface area (Å²) >= 11 is 0. The van der Waals surface area contributed by atoms with Crippen molar-refractivity contribution in [2.75, 3.05) is 25.5 Å². The van der Waals surface area contributed by atoms with E-state index in [1.165, 1.54) is 47.1 Å². The van der Waals surface area contributed by atoms with E-state index in [1.54, 1.807) is 23.5 Å². The van der Waals surface area contributed by atoms with Crippen molar-refractivity contribution in [3.05, 3.63) is 60.2 Å². The topological polar surface area (TPSA) is 124 Å². The first-order chi connectivity index (χ1) is 18.7. The minimum absolute atomic E-state index is 0.0555. The highest BCUT2D eigenvalue weighted by Crippen LogP contribution is 2.36. The molecule has 2 aromatic heterocycles. The summed E-state index contributed by atoms with van der Waals surface area (Å²) in [6, 6.07) is 6.08. The zero-order valence-corrected chi connectivity index (χ0v) is 22.6. The number of nitrogens with zero attached hydrogens (tertiary/aromatic N) is 6. The number of benzene rings is 1. The molecule has 11 nitrogen and oxygen atoms in total. The average molecular weight is 556 g/mol. The number of allylic oxidation sites excluding steroid dienone is 1. The van der Waals surface area contributed by atoms with Crippen molar-refractivity contribution in [2.45, 2.75) is 36.9 Å². The summed E-state index contributed by atoms with van der Waals surface area (Å²) in [5, 5.41) is 11.4. The summed E-state index contributed by atoms with van der Waals surface area (Å²) in [6.07, 6.45) is 6.94. The molecule has 0 atom stereocenters. The van der Waals surface area contributed by atoms with Crippen molar-refractivity contribution >= 4 is 33.8 Å². The van der Waals surface area contributed by atoms with Crippen LogP contribution in [0.1, 0.15) is 47.7 Å². The number of hydrogen-bond acceptors (Lipinski definition) is 7. The summed E-state index contributed by atoms with van der Waals surface area (Å²) in [5.41, 5.74) is 0.987. The number of methoxy groups -OCH3 is 1. The molecule has 0 bridgehead atoms. The van der Waals surface area contributed by atoms with E-state index < -0.39 is 21.7 Å². The highest BCUT2D eigenvalue weighted by atomic mass is 32.2. The third-order valence-electron chi connectivity index (χ3n) is 6.98. The lowest BCUT2D eigenvalue weighted by atomic mass is 9.95. The smallest absolute Gasteiger partial charge is 0.262 e. The third kappa shape index (κ3) is 5.36. The highest BCUT2D eigenvalue weighted by Gasteiger charge is 2.41. The van der Waals surface area contributed by atoms with E-state index in [9.17, 15) is 13.2 Å². The molecule has 2 aliphatic rings. The molecule has 1 aliphatic carbocycles. The number of aliphatic imine (C=N–C) groups is 1. The molecular weight excluding hydrogens is 525 g/mol. The Morgan fingerprint density at radius 2 is 1.97 bits per heavy atom. The van der Waals surface area contributed by atoms with Crippen LogP contribution in [0, 0.1) is 5.82 Å². The summed E-state index contributed by atoms with van der Waals surface area (Å²) < 4.78 is 49.9. The summed E-state index contributed by atoms with van der Waals surface area (Å²) in [7, 11) is -0.134. The van der Waals surface area contributed by atoms with Crippen LogP contribution in [0.2, 0.25) is 0 Å². The molecule has 3 heterocycles. The number of carbonyl (C=O) groups excluding carboxylic acids is 1. The Morgan fingerprint density at radius 3 is 2.62 bits per heavy atom. The lowest BCUT2D eigenvalue weighted by Crippen LogP contribution is -2.39. The molecule has 1 N–H and O–H groups in total. The van der Waals surface area contributed by atoms with Crippen LogP contribution in [-0.4, -0.2) is 69.9 Å². The number of piperidine rings is 1. The first-order valence-corrected chi connectivity index (χ1v) is 14.1. The first kappa shape index (κ1) is 26.8. The lowest BCUT2D eigenvalue weighted by molar-refractivity contribution is 0.102. The minimum Gasteiger partial charge on any atom is -0.497 e. The maximum atomic E-state index is 15.1. The predicted molar refractivity (Wildman–Crippen MR) is 145 cm³/mol. The quantitative estimate of drug-likeness (QED) is 0.403. The molecule has 13 heteroatoms. The molecule has 0 radical (unpaired) electrons. The SMILES string of the molecule is C=C/C=N/c1c(C(=O)Nc2cc(C3CCN(S(=O)(=O)C4CC4)CC3)nn2-c2ccc(OC)cc2F)cnn1C. The Kier molecular flexibility index (Phi) is 7.36. The fourth-order valence-electron chi connectivity index (χ4n) is 4.69. The van der Waals surface area contributed by atoms with Crippen molar-refractivity contribution in [1.29, 1.82) is 0 Å². The molecule has 1 aromatic carbocycles. The predicted octanol–water partition coefficient (Wildman–Crippen LogP) is 3.57. The number of hydrogen-bond donors (Lipinski definition) is 1. The van der Waals surface area contributed by atoms with Crippen LogP contribution < -0.4 is 10.1 Å². The number of amides is 1. The summed E-state index contributed by atoms with van der Waals surface area (Å²) in [6.45, 7) is 4.40. The number of sulfonamides is 1. The monoisotopic (exact) mass is 555 g/mol. The van der Waals surface area contributed by atoms with E-state index in [2.05, 4.69) is 27.1 Å². The van der Waals surface area contributed by atoms with Gasteiger partial charge >= 0.3 is 0 Å². The molecule has 1 aliphatic heterocycles. The number of ether oxygens (including phenoxy) is 1. The molecular formula is C26H30FN7O4S. The van der Waals surface area contributed by atoms with Gasteiger partial charge in [-0.25, -0.2) is 26.8 Å². The van der Waals surface area contributed by atoms with Crippen LogP contribution in [0.5, 0.6) is 5.75 Å². The Morgan fingerprint density at radius 1 is 1.23 bits per heavy atom. The van der Waals surface area contributed by atoms with Crippen molar-refractivity contribution in [1.82, 2.24) is 23.9 Å². The van der Waals surface area contributed by atoms with Crippen molar-refractivity contribution in [3.63, 3.8) is 0 Å². The van der Waals surface area contributed by atoms with E-state index in [1.807, 2.05) is 0 Å². The zero-order chi connectivity index (χ0) is 27.7. The van der Waals surface area contributed by atoms with Gasteiger partial charge in [0.2, 0.25) is 10.0 Å². The Labute approximate surface area is 226 Å². The van der Waals surface area contributed by atoms with Gasteiger partial charge in [0.15, 0.2) is 11.6 Å². The van der Waals surface area contributed by atoms with Crippen LogP contribution in [0.4, 0.5) is 16.0 Å². The zero-order valence-electron chi connectivity index (χ0n) is 21.7. The Bertz CT molecular complexity index is 1530. The number of rotatable bonds is 9. The van der Waals surface area contributed by atoms with E-state index in [4.69, 9.17) is 4.74 Å². The number of carbonyl (C=O) groups is 1. The fraction of sp³-hybridized carbons (Fsp3) is 0.385. The Hall–Kier alpha value is -3.84. The van der Waals surface area contributed by atoms with Crippen LogP contribution >= 0.6 is 0 Å². The van der Waals surface area contributed by atoms with Gasteiger partial charge in [0.05, 0.1) is 24.3 Å². The Balaban J connectivity index is 1.45. The van der Waals surface area contributed by atoms with E-state index in [0.29, 0.717) is 43.2 Å². The molecule has 0 unspecified atom stereocenters. The number of anilines is 1. The molecule has 1 saturated carbocycles. The second kappa shape index (κ2) is 10.7. The molecule has 206 valence electrons. The number of halogens is 1. The summed E-state index contributed by atoms with van der Waals surface area (Å²) in [5.74, 6) is -0.194. The van der Waals surface area contributed by atoms with E-state index in [0.717, 1.165) is 12.8 Å². The largest absolute Gasteiger partial charge is 0.497 e. The van der Waals surface area contributed by atoms with Crippen molar-refractivity contribution < 1.29 is 22.3 Å². The van der Waals surface area contributed by atoms with Gasteiger partial charge < -0.3 is 10.1 Å². The van der Waals surface area contributed by atoms with Crippen LogP contribution in [0.25, 0.3) is 5.69 Å². The number of aromatic nitrogens is 4. The fourth-order valence-corrected chi connectivity index (χ4v) is 6.57. The molecule has 5 rings (SSSR count). The van der Waals surface area contributed by atoms with Gasteiger partial charge in [0.25, 0.3) is 5.91 Å². The van der Waals surface area contributed by atoms with E-state index in [-0.39, 0.29) is 28.2 Å². The van der Waals surface area contributed by atoms with Crippen molar-refractivity contribution in [3.8, 4) is 11.4 Å². The molecule has 39 heavy (non-hydrogen) atoms. The maximum absolute atomic E-state index is 15.1. The van der Waals surface area contributed by atoms with Gasteiger partial charge in [-0.1, -0.05) is 12.7 Å². The molecule has 2 fully saturated rings. The van der Waals surface area contributed by atoms with Crippen LogP contribution in [0.3, 0.4) is 0 Å². The minimum atomic E-state index is -3.24. The number of nitrogens with one attached hydrogen (secondary N) is 1. The van der Waals surface area contributed by atoms with Gasteiger partial charge in [-0.15, -0.1) is 0 Å². The average Bonchev–Trinajstić information content (AvgIpc) is 3.63. The second-order valence-corrected chi connectivity index (χ2v) is 11.8. The maximum Gasteiger partial charge on any atom is 0.262 e. The third-order valence-corrected chi connectivity index (χ3v) is 9.38. The van der Waals surface area contributed by atoms with Crippen molar-refractivity contribution in [2.24, 2.45) is 12.0 Å². The van der Waals surface area contributed by atoms with Gasteiger partial charge in [-0.2, -0.15) is 10.2 Å². The molecule has 1 amide bonds. The first-order valence-electron chi connectivity index (χ1n) is 12.6. The lowest BCUT2D eigenvalue weighted by Gasteiger charge is -2.30. The van der Waals surface area contributed by atoms with Gasteiger partial charge in [-0.05, 0) is 37.8 Å². The second-order valence-electron chi connectivity index (χ2n) is 9.57. The standard InChI is InChI=1S/C26H30FN7O4S/c1-4-11-28-25-20(16-29-32(25)2)26(35)30-24-15-22(31-34(24)23-8-5-18(38-3)14-21(23)27)17-9-12-33(13-10-17)39(36,37)19-6-7-19/h4-5,8,11,14-17,19H,1,6-7,9-10,12-13H2,2-3H3,(H,30,35)/b28-11+. The van der Waals surface area contributed by atoms with Gasteiger partial charge in [0.1, 0.15) is 22.8 Å². The molecule has 0 spiro atoms.